The monoisotopic (exact) mass is 336 g/mol. The lowest BCUT2D eigenvalue weighted by molar-refractivity contribution is -0.125. The summed E-state index contributed by atoms with van der Waals surface area (Å²) in [6.45, 7) is 1.91. The zero-order valence-corrected chi connectivity index (χ0v) is 13.9. The number of imidazole rings is 1. The Balaban J connectivity index is 1.79. The van der Waals surface area contributed by atoms with E-state index in [1.54, 1.807) is 0 Å². The van der Waals surface area contributed by atoms with Gasteiger partial charge < -0.3 is 15.4 Å². The van der Waals surface area contributed by atoms with Crippen molar-refractivity contribution in [3.8, 4) is 0 Å². The summed E-state index contributed by atoms with van der Waals surface area (Å²) in [6, 6.07) is 5.65. The van der Waals surface area contributed by atoms with Crippen molar-refractivity contribution in [3.05, 3.63) is 29.0 Å². The number of likely N-dealkylation sites (tertiary alicyclic amines) is 1. The first kappa shape index (κ1) is 16.2. The maximum Gasteiger partial charge on any atom is 0.220 e. The lowest BCUT2D eigenvalue weighted by Crippen LogP contribution is -2.49. The number of primary amides is 1. The van der Waals surface area contributed by atoms with Crippen LogP contribution in [0.4, 0.5) is 0 Å². The third-order valence-corrected chi connectivity index (χ3v) is 4.67. The molecule has 23 heavy (non-hydrogen) atoms. The van der Waals surface area contributed by atoms with Gasteiger partial charge >= 0.3 is 0 Å². The number of carbonyl (C=O) groups is 1. The number of fused-ring (bicyclic) bond motifs is 1. The predicted octanol–water partition coefficient (Wildman–Crippen LogP) is 1.43. The van der Waals surface area contributed by atoms with E-state index in [-0.39, 0.29) is 6.42 Å². The van der Waals surface area contributed by atoms with Crippen LogP contribution in [0, 0.1) is 0 Å². The van der Waals surface area contributed by atoms with Crippen LogP contribution in [-0.4, -0.2) is 44.2 Å². The number of hydrogen-bond acceptors (Lipinski definition) is 4. The van der Waals surface area contributed by atoms with Crippen LogP contribution in [0.1, 0.15) is 25.1 Å². The summed E-state index contributed by atoms with van der Waals surface area (Å²) in [6.07, 6.45) is 1.44. The Bertz CT molecular complexity index is 745. The molecule has 1 aliphatic rings. The molecule has 1 aromatic heterocycles. The van der Waals surface area contributed by atoms with Gasteiger partial charge in [0.05, 0.1) is 29.6 Å². The molecule has 2 aromatic rings. The maximum absolute atomic E-state index is 11.2. The molecular weight excluding hydrogens is 316 g/mol. The van der Waals surface area contributed by atoms with Crippen LogP contribution in [0.3, 0.4) is 0 Å². The number of carbonyl (C=O) groups excluding carboxylic acids is 1. The van der Waals surface area contributed by atoms with Crippen molar-refractivity contribution in [2.24, 2.45) is 12.8 Å². The molecule has 0 bridgehead atoms. The van der Waals surface area contributed by atoms with Gasteiger partial charge in [-0.1, -0.05) is 11.6 Å². The number of halogens is 1. The third kappa shape index (κ3) is 3.49. The summed E-state index contributed by atoms with van der Waals surface area (Å²) in [7, 11) is 1.97. The topological polar surface area (TPSA) is 84.4 Å². The predicted molar refractivity (Wildman–Crippen MR) is 89.0 cm³/mol. The summed E-state index contributed by atoms with van der Waals surface area (Å²) in [5.74, 6) is 0.442. The Kier molecular flexibility index (Phi) is 4.31. The number of aromatic nitrogens is 2. The molecule has 3 N–H and O–H groups in total. The largest absolute Gasteiger partial charge is 0.388 e. The highest BCUT2D eigenvalue weighted by molar-refractivity contribution is 6.31. The molecule has 1 aromatic carbocycles. The van der Waals surface area contributed by atoms with Gasteiger partial charge in [0.2, 0.25) is 5.91 Å². The van der Waals surface area contributed by atoms with Crippen molar-refractivity contribution in [1.82, 2.24) is 14.5 Å². The van der Waals surface area contributed by atoms with E-state index in [9.17, 15) is 9.90 Å². The normalized spacial score (nSPS) is 22.6. The number of nitrogens with zero attached hydrogens (tertiary/aromatic N) is 3. The first-order valence-electron chi connectivity index (χ1n) is 7.70. The molecule has 0 aliphatic carbocycles. The molecule has 3 rings (SSSR count). The third-order valence-electron chi connectivity index (χ3n) is 4.44. The number of rotatable bonds is 4. The molecule has 0 radical (unpaired) electrons. The lowest BCUT2D eigenvalue weighted by atomic mass is 9.89. The quantitative estimate of drug-likeness (QED) is 0.884. The summed E-state index contributed by atoms with van der Waals surface area (Å²) >= 11 is 6.02. The van der Waals surface area contributed by atoms with Gasteiger partial charge in [0.25, 0.3) is 0 Å². The number of aliphatic hydroxyl groups is 1. The molecule has 0 spiro atoms. The SMILES string of the molecule is Cn1c(CN2CCCC(O)(CC(N)=O)C2)nc2cc(Cl)ccc21. The van der Waals surface area contributed by atoms with Crippen LogP contribution in [0.25, 0.3) is 11.0 Å². The molecule has 2 heterocycles. The molecular formula is C16H21ClN4O2. The molecule has 1 amide bonds. The van der Waals surface area contributed by atoms with Crippen LogP contribution < -0.4 is 5.73 Å². The standard InChI is InChI=1S/C16H21ClN4O2/c1-20-13-4-3-11(17)7-12(13)19-15(20)9-21-6-2-5-16(23,10-21)8-14(18)22/h3-4,7,23H,2,5-6,8-10H2,1H3,(H2,18,22). The van der Waals surface area contributed by atoms with E-state index in [4.69, 9.17) is 17.3 Å². The van der Waals surface area contributed by atoms with Crippen molar-refractivity contribution in [1.29, 1.82) is 0 Å². The van der Waals surface area contributed by atoms with E-state index in [2.05, 4.69) is 9.88 Å². The minimum atomic E-state index is -1.03. The molecule has 7 heteroatoms. The highest BCUT2D eigenvalue weighted by atomic mass is 35.5. The summed E-state index contributed by atoms with van der Waals surface area (Å²) in [5.41, 5.74) is 6.10. The van der Waals surface area contributed by atoms with Crippen molar-refractivity contribution < 1.29 is 9.90 Å². The zero-order chi connectivity index (χ0) is 16.6. The fourth-order valence-corrected chi connectivity index (χ4v) is 3.54. The number of β-amino-alcohol motifs (C(OH)–C–C–N with tert-alkyl or cyclic N) is 1. The Hall–Kier alpha value is -1.63. The lowest BCUT2D eigenvalue weighted by Gasteiger charge is -2.38. The smallest absolute Gasteiger partial charge is 0.220 e. The number of benzene rings is 1. The molecule has 124 valence electrons. The second-order valence-corrected chi connectivity index (χ2v) is 6.84. The Morgan fingerprint density at radius 2 is 2.30 bits per heavy atom. The van der Waals surface area contributed by atoms with Gasteiger partial charge in [-0.05, 0) is 37.6 Å². The maximum atomic E-state index is 11.2. The van der Waals surface area contributed by atoms with E-state index in [0.29, 0.717) is 24.5 Å². The Labute approximate surface area is 139 Å². The summed E-state index contributed by atoms with van der Waals surface area (Å²) < 4.78 is 2.04. The van der Waals surface area contributed by atoms with Crippen molar-refractivity contribution in [3.63, 3.8) is 0 Å². The van der Waals surface area contributed by atoms with E-state index in [1.807, 2.05) is 29.8 Å². The minimum absolute atomic E-state index is 0.00164. The molecule has 6 nitrogen and oxygen atoms in total. The van der Waals surface area contributed by atoms with Gasteiger partial charge in [-0.2, -0.15) is 0 Å². The van der Waals surface area contributed by atoms with Crippen LogP contribution in [0.5, 0.6) is 0 Å². The van der Waals surface area contributed by atoms with Gasteiger partial charge in [-0.3, -0.25) is 9.69 Å². The first-order valence-corrected chi connectivity index (χ1v) is 8.08. The second-order valence-electron chi connectivity index (χ2n) is 6.40. The van der Waals surface area contributed by atoms with Crippen molar-refractivity contribution >= 4 is 28.5 Å². The zero-order valence-electron chi connectivity index (χ0n) is 13.1. The number of piperidine rings is 1. The Morgan fingerprint density at radius 1 is 1.52 bits per heavy atom. The molecule has 1 fully saturated rings. The van der Waals surface area contributed by atoms with E-state index >= 15 is 0 Å². The summed E-state index contributed by atoms with van der Waals surface area (Å²) in [4.78, 5) is 17.9. The van der Waals surface area contributed by atoms with Crippen molar-refractivity contribution in [2.45, 2.75) is 31.4 Å². The average Bonchev–Trinajstić information content (AvgIpc) is 2.73. The number of hydrogen-bond donors (Lipinski definition) is 2. The number of nitrogens with two attached hydrogens (primary N) is 1. The first-order chi connectivity index (χ1) is 10.9. The minimum Gasteiger partial charge on any atom is -0.388 e. The van der Waals surface area contributed by atoms with Crippen molar-refractivity contribution in [2.75, 3.05) is 13.1 Å². The summed E-state index contributed by atoms with van der Waals surface area (Å²) in [5, 5.41) is 11.2. The molecule has 1 unspecified atom stereocenters. The van der Waals surface area contributed by atoms with Gasteiger partial charge in [0, 0.05) is 18.6 Å². The highest BCUT2D eigenvalue weighted by Gasteiger charge is 2.35. The van der Waals surface area contributed by atoms with Crippen LogP contribution in [-0.2, 0) is 18.4 Å². The fraction of sp³-hybridized carbons (Fsp3) is 0.500. The molecule has 1 saturated heterocycles. The van der Waals surface area contributed by atoms with E-state index < -0.39 is 11.5 Å². The van der Waals surface area contributed by atoms with Crippen LogP contribution in [0.15, 0.2) is 18.2 Å². The van der Waals surface area contributed by atoms with Gasteiger partial charge in [-0.15, -0.1) is 0 Å². The molecule has 0 saturated carbocycles. The van der Waals surface area contributed by atoms with E-state index in [0.717, 1.165) is 29.8 Å². The number of aryl methyl sites for hydroxylation is 1. The number of amides is 1. The molecule has 1 aliphatic heterocycles. The Morgan fingerprint density at radius 3 is 3.04 bits per heavy atom. The average molecular weight is 337 g/mol. The van der Waals surface area contributed by atoms with Gasteiger partial charge in [0.1, 0.15) is 5.82 Å². The fourth-order valence-electron chi connectivity index (χ4n) is 3.37. The van der Waals surface area contributed by atoms with Crippen LogP contribution >= 0.6 is 11.6 Å². The second kappa shape index (κ2) is 6.11. The molecule has 1 atom stereocenters. The van der Waals surface area contributed by atoms with E-state index in [1.165, 1.54) is 0 Å². The van der Waals surface area contributed by atoms with Crippen LogP contribution in [0.2, 0.25) is 5.02 Å². The van der Waals surface area contributed by atoms with Gasteiger partial charge in [-0.25, -0.2) is 4.98 Å². The van der Waals surface area contributed by atoms with Gasteiger partial charge in [0.15, 0.2) is 0 Å². The highest BCUT2D eigenvalue weighted by Crippen LogP contribution is 2.26.